The van der Waals surface area contributed by atoms with Crippen molar-refractivity contribution in [2.75, 3.05) is 26.7 Å². The van der Waals surface area contributed by atoms with Crippen molar-refractivity contribution in [2.45, 2.75) is 12.8 Å². The minimum atomic E-state index is -0.195. The van der Waals surface area contributed by atoms with Crippen molar-refractivity contribution in [2.24, 2.45) is 17.1 Å². The molecule has 2 fully saturated rings. The number of carbonyl (C=O) groups excluding carboxylic acids is 1. The van der Waals surface area contributed by atoms with Crippen LogP contribution < -0.4 is 5.73 Å². The van der Waals surface area contributed by atoms with E-state index in [2.05, 4.69) is 4.74 Å². The van der Waals surface area contributed by atoms with Gasteiger partial charge in [-0.05, 0) is 30.7 Å². The van der Waals surface area contributed by atoms with Crippen molar-refractivity contribution in [3.05, 3.63) is 0 Å². The molecule has 0 aromatic carbocycles. The molecule has 2 rings (SSSR count). The van der Waals surface area contributed by atoms with Crippen LogP contribution in [0.2, 0.25) is 0 Å². The number of amides is 1. The van der Waals surface area contributed by atoms with Crippen LogP contribution in [0.3, 0.4) is 0 Å². The van der Waals surface area contributed by atoms with Gasteiger partial charge in [-0.2, -0.15) is 0 Å². The highest BCUT2D eigenvalue weighted by molar-refractivity contribution is 5.68. The average Bonchev–Trinajstić information content (AvgIpc) is 2.65. The molecule has 2 atom stereocenters. The van der Waals surface area contributed by atoms with Gasteiger partial charge in [0.25, 0.3) is 0 Å². The van der Waals surface area contributed by atoms with Gasteiger partial charge in [0.2, 0.25) is 0 Å². The van der Waals surface area contributed by atoms with Gasteiger partial charge in [0.1, 0.15) is 0 Å². The number of likely N-dealkylation sites (tertiary alicyclic amines) is 1. The van der Waals surface area contributed by atoms with E-state index in [0.29, 0.717) is 11.3 Å². The molecule has 1 aliphatic heterocycles. The lowest BCUT2D eigenvalue weighted by molar-refractivity contribution is 0.130. The summed E-state index contributed by atoms with van der Waals surface area (Å²) in [6.45, 7) is 2.44. The molecule has 0 bridgehead atoms. The average molecular weight is 184 g/mol. The van der Waals surface area contributed by atoms with E-state index in [1.165, 1.54) is 13.5 Å². The van der Waals surface area contributed by atoms with Gasteiger partial charge in [-0.1, -0.05) is 0 Å². The van der Waals surface area contributed by atoms with E-state index in [9.17, 15) is 4.79 Å². The fourth-order valence-corrected chi connectivity index (χ4v) is 2.45. The Kier molecular flexibility index (Phi) is 1.95. The maximum atomic E-state index is 11.2. The molecule has 2 N–H and O–H groups in total. The summed E-state index contributed by atoms with van der Waals surface area (Å²) in [4.78, 5) is 13.0. The van der Waals surface area contributed by atoms with Gasteiger partial charge in [-0.25, -0.2) is 4.79 Å². The first kappa shape index (κ1) is 8.81. The molecule has 1 heterocycles. The van der Waals surface area contributed by atoms with Gasteiger partial charge in [0.05, 0.1) is 7.11 Å². The van der Waals surface area contributed by atoms with Gasteiger partial charge in [-0.3, -0.25) is 0 Å². The van der Waals surface area contributed by atoms with Crippen LogP contribution in [-0.2, 0) is 4.74 Å². The molecule has 0 radical (unpaired) electrons. The van der Waals surface area contributed by atoms with Crippen LogP contribution in [0.4, 0.5) is 4.79 Å². The molecular weight excluding hydrogens is 168 g/mol. The Morgan fingerprint density at radius 1 is 1.77 bits per heavy atom. The molecule has 1 amide bonds. The van der Waals surface area contributed by atoms with Crippen molar-refractivity contribution >= 4 is 6.09 Å². The Morgan fingerprint density at radius 2 is 2.54 bits per heavy atom. The Labute approximate surface area is 78.0 Å². The van der Waals surface area contributed by atoms with E-state index >= 15 is 0 Å². The molecular formula is C9H16N2O2. The topological polar surface area (TPSA) is 55.6 Å². The zero-order chi connectivity index (χ0) is 9.47. The van der Waals surface area contributed by atoms with Crippen molar-refractivity contribution in [1.29, 1.82) is 0 Å². The summed E-state index contributed by atoms with van der Waals surface area (Å²) >= 11 is 0. The first-order valence-electron chi connectivity index (χ1n) is 4.75. The van der Waals surface area contributed by atoms with Crippen LogP contribution >= 0.6 is 0 Å². The zero-order valence-corrected chi connectivity index (χ0v) is 7.95. The van der Waals surface area contributed by atoms with E-state index in [4.69, 9.17) is 5.73 Å². The van der Waals surface area contributed by atoms with Crippen LogP contribution in [-0.4, -0.2) is 37.7 Å². The number of nitrogens with two attached hydrogens (primary N) is 1. The van der Waals surface area contributed by atoms with Gasteiger partial charge < -0.3 is 15.4 Å². The number of hydrogen-bond acceptors (Lipinski definition) is 3. The number of methoxy groups -OCH3 is 1. The highest BCUT2D eigenvalue weighted by atomic mass is 16.5. The molecule has 1 aliphatic carbocycles. The summed E-state index contributed by atoms with van der Waals surface area (Å²) in [6, 6.07) is 0. The van der Waals surface area contributed by atoms with Gasteiger partial charge in [0, 0.05) is 13.1 Å². The summed E-state index contributed by atoms with van der Waals surface area (Å²) in [5.74, 6) is 0.641. The smallest absolute Gasteiger partial charge is 0.409 e. The van der Waals surface area contributed by atoms with E-state index in [1.807, 2.05) is 0 Å². The molecule has 1 saturated carbocycles. The molecule has 2 aliphatic rings. The third-order valence-corrected chi connectivity index (χ3v) is 3.46. The van der Waals surface area contributed by atoms with Crippen molar-refractivity contribution in [1.82, 2.24) is 4.90 Å². The van der Waals surface area contributed by atoms with E-state index in [1.54, 1.807) is 4.90 Å². The second-order valence-corrected chi connectivity index (χ2v) is 4.14. The molecule has 4 heteroatoms. The minimum Gasteiger partial charge on any atom is -0.453 e. The minimum absolute atomic E-state index is 0.195. The molecule has 1 spiro atoms. The second kappa shape index (κ2) is 2.87. The third kappa shape index (κ3) is 1.29. The van der Waals surface area contributed by atoms with Crippen molar-refractivity contribution in [3.63, 3.8) is 0 Å². The predicted octanol–water partition coefficient (Wildman–Crippen LogP) is 0.424. The van der Waals surface area contributed by atoms with Gasteiger partial charge >= 0.3 is 6.09 Å². The Bertz CT molecular complexity index is 232. The number of hydrogen-bond donors (Lipinski definition) is 1. The number of rotatable bonds is 1. The highest BCUT2D eigenvalue weighted by Gasteiger charge is 2.57. The molecule has 74 valence electrons. The lowest BCUT2D eigenvalue weighted by Crippen LogP contribution is -2.29. The standard InChI is InChI=1S/C9H16N2O2/c1-13-8(12)11-3-2-9(6-11)4-7(9)5-10/h7H,2-6,10H2,1H3. The van der Waals surface area contributed by atoms with Crippen LogP contribution in [0.1, 0.15) is 12.8 Å². The summed E-state index contributed by atoms with van der Waals surface area (Å²) in [7, 11) is 1.43. The molecule has 0 aromatic rings. The quantitative estimate of drug-likeness (QED) is 0.642. The Morgan fingerprint density at radius 3 is 3.08 bits per heavy atom. The predicted molar refractivity (Wildman–Crippen MR) is 48.2 cm³/mol. The van der Waals surface area contributed by atoms with Crippen LogP contribution in [0, 0.1) is 11.3 Å². The fourth-order valence-electron chi connectivity index (χ4n) is 2.45. The molecule has 4 nitrogen and oxygen atoms in total. The maximum absolute atomic E-state index is 11.2. The summed E-state index contributed by atoms with van der Waals surface area (Å²) in [6.07, 6.45) is 2.10. The Hall–Kier alpha value is -0.770. The van der Waals surface area contributed by atoms with Gasteiger partial charge in [0.15, 0.2) is 0 Å². The number of ether oxygens (including phenoxy) is 1. The lowest BCUT2D eigenvalue weighted by Gasteiger charge is -2.14. The summed E-state index contributed by atoms with van der Waals surface area (Å²) in [5.41, 5.74) is 5.97. The zero-order valence-electron chi connectivity index (χ0n) is 7.95. The van der Waals surface area contributed by atoms with Crippen molar-refractivity contribution in [3.8, 4) is 0 Å². The summed E-state index contributed by atoms with van der Waals surface area (Å²) < 4.78 is 4.68. The molecule has 1 saturated heterocycles. The Balaban J connectivity index is 1.92. The molecule has 2 unspecified atom stereocenters. The first-order chi connectivity index (χ1) is 6.22. The van der Waals surface area contributed by atoms with Crippen LogP contribution in [0.25, 0.3) is 0 Å². The van der Waals surface area contributed by atoms with E-state index in [-0.39, 0.29) is 6.09 Å². The monoisotopic (exact) mass is 184 g/mol. The van der Waals surface area contributed by atoms with Crippen molar-refractivity contribution < 1.29 is 9.53 Å². The fraction of sp³-hybridized carbons (Fsp3) is 0.889. The second-order valence-electron chi connectivity index (χ2n) is 4.14. The highest BCUT2D eigenvalue weighted by Crippen LogP contribution is 2.57. The number of carbonyl (C=O) groups is 1. The van der Waals surface area contributed by atoms with Crippen LogP contribution in [0.5, 0.6) is 0 Å². The molecule has 0 aromatic heterocycles. The SMILES string of the molecule is COC(=O)N1CCC2(CC2CN)C1. The molecule has 13 heavy (non-hydrogen) atoms. The van der Waals surface area contributed by atoms with E-state index < -0.39 is 0 Å². The van der Waals surface area contributed by atoms with Gasteiger partial charge in [-0.15, -0.1) is 0 Å². The van der Waals surface area contributed by atoms with E-state index in [0.717, 1.165) is 26.1 Å². The maximum Gasteiger partial charge on any atom is 0.409 e. The number of nitrogens with zero attached hydrogens (tertiary/aromatic N) is 1. The van der Waals surface area contributed by atoms with Crippen LogP contribution in [0.15, 0.2) is 0 Å². The first-order valence-corrected chi connectivity index (χ1v) is 4.75. The summed E-state index contributed by atoms with van der Waals surface area (Å²) in [5, 5.41) is 0. The lowest BCUT2D eigenvalue weighted by atomic mass is 10.0. The largest absolute Gasteiger partial charge is 0.453 e. The third-order valence-electron chi connectivity index (χ3n) is 3.46. The normalized spacial score (nSPS) is 36.8.